The molecule has 3 rings (SSSR count). The zero-order chi connectivity index (χ0) is 14.3. The average Bonchev–Trinajstić information content (AvgIpc) is 2.51. The van der Waals surface area contributed by atoms with Crippen molar-refractivity contribution in [3.63, 3.8) is 0 Å². The number of Topliss-reactive ketones (excluding diaryl/α,β-unsaturated/α-hetero) is 1. The maximum atomic E-state index is 12.6. The predicted molar refractivity (Wildman–Crippen MR) is 74.7 cm³/mol. The summed E-state index contributed by atoms with van der Waals surface area (Å²) in [7, 11) is 3.35. The van der Waals surface area contributed by atoms with Crippen LogP contribution in [0.3, 0.4) is 0 Å². The first-order valence-electron chi connectivity index (χ1n) is 7.04. The fraction of sp³-hybridized carbons (Fsp3) is 0.500. The maximum Gasteiger partial charge on any atom is 0.290 e. The number of amides is 1. The van der Waals surface area contributed by atoms with Gasteiger partial charge in [0.2, 0.25) is 5.78 Å². The number of hydrogen-bond donors (Lipinski definition) is 0. The Morgan fingerprint density at radius 2 is 2.15 bits per heavy atom. The zero-order valence-corrected chi connectivity index (χ0v) is 11.9. The lowest BCUT2D eigenvalue weighted by molar-refractivity contribution is -0.155. The van der Waals surface area contributed by atoms with Crippen LogP contribution in [0, 0.1) is 0 Å². The Hall–Kier alpha value is -1.84. The van der Waals surface area contributed by atoms with Crippen molar-refractivity contribution in [1.82, 2.24) is 4.90 Å². The Kier molecular flexibility index (Phi) is 3.04. The first-order chi connectivity index (χ1) is 9.58. The van der Waals surface area contributed by atoms with Crippen molar-refractivity contribution in [2.45, 2.75) is 37.1 Å². The molecule has 4 nitrogen and oxygen atoms in total. The highest BCUT2D eigenvalue weighted by atomic mass is 16.5. The van der Waals surface area contributed by atoms with Crippen LogP contribution in [0.25, 0.3) is 0 Å². The molecule has 0 aromatic heterocycles. The molecule has 0 radical (unpaired) electrons. The average molecular weight is 273 g/mol. The standard InChI is InChI=1S/C16H19NO3/c1-17-12-6-4-8-16(10-12,14(18)15(17)19)11-5-3-7-13(9-11)20-2/h3,5,7,9,12H,4,6,8,10H2,1-2H3/t12-,16+/m0/s1. The van der Waals surface area contributed by atoms with Crippen molar-refractivity contribution in [2.75, 3.05) is 14.2 Å². The zero-order valence-electron chi connectivity index (χ0n) is 11.9. The third-order valence-corrected chi connectivity index (χ3v) is 4.84. The minimum absolute atomic E-state index is 0.181. The first-order valence-corrected chi connectivity index (χ1v) is 7.04. The molecule has 2 bridgehead atoms. The minimum atomic E-state index is -0.638. The third kappa shape index (κ3) is 1.74. The van der Waals surface area contributed by atoms with Crippen LogP contribution >= 0.6 is 0 Å². The molecule has 1 saturated carbocycles. The van der Waals surface area contributed by atoms with E-state index in [4.69, 9.17) is 4.74 Å². The molecule has 1 aliphatic carbocycles. The summed E-state index contributed by atoms with van der Waals surface area (Å²) < 4.78 is 5.26. The second-order valence-electron chi connectivity index (χ2n) is 5.81. The number of likely N-dealkylation sites (N-methyl/N-ethyl adjacent to an activating group) is 1. The van der Waals surface area contributed by atoms with E-state index in [1.54, 1.807) is 19.1 Å². The Balaban J connectivity index is 2.08. The van der Waals surface area contributed by atoms with E-state index in [-0.39, 0.29) is 17.7 Å². The van der Waals surface area contributed by atoms with Gasteiger partial charge in [-0.2, -0.15) is 0 Å². The molecule has 106 valence electrons. The number of ether oxygens (including phenoxy) is 1. The minimum Gasteiger partial charge on any atom is -0.497 e. The Labute approximate surface area is 118 Å². The SMILES string of the molecule is COc1cccc([C@@]23CCC[C@@H](C2)N(C)C(=O)C3=O)c1. The Morgan fingerprint density at radius 3 is 2.90 bits per heavy atom. The van der Waals surface area contributed by atoms with Gasteiger partial charge in [-0.1, -0.05) is 18.6 Å². The summed E-state index contributed by atoms with van der Waals surface area (Å²) in [5.41, 5.74) is 0.286. The fourth-order valence-corrected chi connectivity index (χ4v) is 3.63. The molecule has 20 heavy (non-hydrogen) atoms. The van der Waals surface area contributed by atoms with Gasteiger partial charge in [0.05, 0.1) is 12.5 Å². The number of fused-ring (bicyclic) bond motifs is 2. The molecule has 0 spiro atoms. The lowest BCUT2D eigenvalue weighted by Gasteiger charge is -2.47. The molecule has 1 aliphatic heterocycles. The molecular formula is C16H19NO3. The number of methoxy groups -OCH3 is 1. The van der Waals surface area contributed by atoms with E-state index in [0.717, 1.165) is 37.0 Å². The topological polar surface area (TPSA) is 46.6 Å². The number of carbonyl (C=O) groups excluding carboxylic acids is 2. The van der Waals surface area contributed by atoms with Crippen LogP contribution in [0.4, 0.5) is 0 Å². The smallest absolute Gasteiger partial charge is 0.290 e. The van der Waals surface area contributed by atoms with Gasteiger partial charge in [0.1, 0.15) is 5.75 Å². The molecule has 1 aromatic rings. The molecule has 4 heteroatoms. The largest absolute Gasteiger partial charge is 0.497 e. The number of carbonyl (C=O) groups is 2. The lowest BCUT2D eigenvalue weighted by atomic mass is 9.62. The normalized spacial score (nSPS) is 29.5. The van der Waals surface area contributed by atoms with Crippen LogP contribution in [0.15, 0.2) is 24.3 Å². The molecule has 0 N–H and O–H groups in total. The van der Waals surface area contributed by atoms with Crippen molar-refractivity contribution in [1.29, 1.82) is 0 Å². The molecule has 2 aliphatic rings. The highest BCUT2D eigenvalue weighted by molar-refractivity contribution is 6.40. The van der Waals surface area contributed by atoms with Gasteiger partial charge in [-0.15, -0.1) is 0 Å². The highest BCUT2D eigenvalue weighted by Crippen LogP contribution is 2.45. The van der Waals surface area contributed by atoms with Gasteiger partial charge in [-0.05, 0) is 37.0 Å². The summed E-state index contributed by atoms with van der Waals surface area (Å²) in [5, 5.41) is 0. The Morgan fingerprint density at radius 1 is 1.35 bits per heavy atom. The van der Waals surface area contributed by atoms with Gasteiger partial charge in [0.15, 0.2) is 0 Å². The van der Waals surface area contributed by atoms with Crippen LogP contribution in [0.1, 0.15) is 31.2 Å². The van der Waals surface area contributed by atoms with Gasteiger partial charge in [0.25, 0.3) is 5.91 Å². The molecule has 1 saturated heterocycles. The van der Waals surface area contributed by atoms with Crippen molar-refractivity contribution in [2.24, 2.45) is 0 Å². The second kappa shape index (κ2) is 4.62. The second-order valence-corrected chi connectivity index (χ2v) is 5.81. The van der Waals surface area contributed by atoms with Crippen LogP contribution in [0.5, 0.6) is 5.75 Å². The van der Waals surface area contributed by atoms with Crippen molar-refractivity contribution >= 4 is 11.7 Å². The fourth-order valence-electron chi connectivity index (χ4n) is 3.63. The number of ketones is 1. The first kappa shape index (κ1) is 13.2. The van der Waals surface area contributed by atoms with Crippen molar-refractivity contribution < 1.29 is 14.3 Å². The summed E-state index contributed by atoms with van der Waals surface area (Å²) >= 11 is 0. The molecule has 1 heterocycles. The van der Waals surface area contributed by atoms with E-state index >= 15 is 0 Å². The van der Waals surface area contributed by atoms with Crippen LogP contribution in [-0.4, -0.2) is 36.8 Å². The van der Waals surface area contributed by atoms with Crippen molar-refractivity contribution in [3.05, 3.63) is 29.8 Å². The van der Waals surface area contributed by atoms with E-state index in [1.165, 1.54) is 0 Å². The Bertz CT molecular complexity index is 569. The molecule has 1 aromatic carbocycles. The van der Waals surface area contributed by atoms with Crippen LogP contribution in [0.2, 0.25) is 0 Å². The number of benzene rings is 1. The summed E-state index contributed by atoms with van der Waals surface area (Å²) in [6, 6.07) is 7.78. The highest BCUT2D eigenvalue weighted by Gasteiger charge is 2.53. The molecule has 2 atom stereocenters. The van der Waals surface area contributed by atoms with E-state index in [9.17, 15) is 9.59 Å². The van der Waals surface area contributed by atoms with Gasteiger partial charge in [-0.25, -0.2) is 0 Å². The quantitative estimate of drug-likeness (QED) is 0.773. The number of hydrogen-bond acceptors (Lipinski definition) is 3. The molecule has 0 unspecified atom stereocenters. The summed E-state index contributed by atoms with van der Waals surface area (Å²) in [6.07, 6.45) is 3.46. The molecular weight excluding hydrogens is 254 g/mol. The van der Waals surface area contributed by atoms with Crippen LogP contribution in [-0.2, 0) is 15.0 Å². The number of rotatable bonds is 2. The monoisotopic (exact) mass is 273 g/mol. The number of nitrogens with zero attached hydrogens (tertiary/aromatic N) is 1. The van der Waals surface area contributed by atoms with E-state index in [0.29, 0.717) is 0 Å². The number of piperidine rings is 1. The van der Waals surface area contributed by atoms with Crippen molar-refractivity contribution in [3.8, 4) is 5.75 Å². The molecule has 1 amide bonds. The van der Waals surface area contributed by atoms with E-state index in [2.05, 4.69) is 0 Å². The summed E-state index contributed by atoms with van der Waals surface area (Å²) in [4.78, 5) is 26.5. The van der Waals surface area contributed by atoms with Gasteiger partial charge < -0.3 is 9.64 Å². The van der Waals surface area contributed by atoms with E-state index in [1.807, 2.05) is 24.3 Å². The molecule has 2 fully saturated rings. The lowest BCUT2D eigenvalue weighted by Crippen LogP contribution is -2.59. The van der Waals surface area contributed by atoms with Gasteiger partial charge in [-0.3, -0.25) is 9.59 Å². The predicted octanol–water partition coefficient (Wildman–Crippen LogP) is 1.92. The number of likely N-dealkylation sites (tertiary alicyclic amines) is 1. The van der Waals surface area contributed by atoms with Gasteiger partial charge >= 0.3 is 0 Å². The van der Waals surface area contributed by atoms with E-state index < -0.39 is 5.41 Å². The summed E-state index contributed by atoms with van der Waals surface area (Å²) in [5.74, 6) is 0.131. The van der Waals surface area contributed by atoms with Crippen LogP contribution < -0.4 is 4.74 Å². The van der Waals surface area contributed by atoms with Gasteiger partial charge in [0, 0.05) is 13.1 Å². The summed E-state index contributed by atoms with van der Waals surface area (Å²) in [6.45, 7) is 0. The maximum absolute atomic E-state index is 12.6. The third-order valence-electron chi connectivity index (χ3n) is 4.84.